The lowest BCUT2D eigenvalue weighted by atomic mass is 10.1. The van der Waals surface area contributed by atoms with E-state index in [1.807, 2.05) is 0 Å². The topological polar surface area (TPSA) is 57.7 Å². The lowest BCUT2D eigenvalue weighted by Crippen LogP contribution is -2.28. The molecule has 0 saturated heterocycles. The fraction of sp³-hybridized carbons (Fsp3) is 0.278. The molecule has 0 aromatic heterocycles. The first-order valence-electron chi connectivity index (χ1n) is 8.22. The molecule has 0 saturated carbocycles. The summed E-state index contributed by atoms with van der Waals surface area (Å²) in [4.78, 5) is 14.4. The molecule has 0 spiro atoms. The summed E-state index contributed by atoms with van der Waals surface area (Å²) in [6, 6.07) is 9.83. The molecule has 10 heteroatoms. The summed E-state index contributed by atoms with van der Waals surface area (Å²) >= 11 is -0.238. The maximum absolute atomic E-state index is 12.8. The van der Waals surface area contributed by atoms with Gasteiger partial charge in [0, 0.05) is 36.8 Å². The number of benzene rings is 2. The molecule has 28 heavy (non-hydrogen) atoms. The highest BCUT2D eigenvalue weighted by Gasteiger charge is 2.30. The Morgan fingerprint density at radius 1 is 1.11 bits per heavy atom. The van der Waals surface area contributed by atoms with Crippen molar-refractivity contribution in [1.29, 1.82) is 0 Å². The molecule has 0 N–H and O–H groups in total. The molecule has 1 amide bonds. The predicted molar refractivity (Wildman–Crippen MR) is 101 cm³/mol. The van der Waals surface area contributed by atoms with Crippen LogP contribution in [0.1, 0.15) is 15.9 Å². The molecule has 0 aliphatic carbocycles. The fourth-order valence-electron chi connectivity index (χ4n) is 2.92. The van der Waals surface area contributed by atoms with Gasteiger partial charge in [0.05, 0.1) is 4.90 Å². The predicted octanol–water partition coefficient (Wildman–Crippen LogP) is 3.75. The van der Waals surface area contributed by atoms with Crippen LogP contribution >= 0.6 is 11.8 Å². The molecular formula is C18H17F3N2O3S2. The Kier molecular flexibility index (Phi) is 5.48. The Balaban J connectivity index is 1.83. The summed E-state index contributed by atoms with van der Waals surface area (Å²) in [5.41, 5.74) is -2.77. The van der Waals surface area contributed by atoms with Gasteiger partial charge in [0.1, 0.15) is 0 Å². The fourth-order valence-corrected chi connectivity index (χ4v) is 4.41. The van der Waals surface area contributed by atoms with Crippen molar-refractivity contribution < 1.29 is 26.4 Å². The van der Waals surface area contributed by atoms with Crippen molar-refractivity contribution >= 4 is 33.4 Å². The number of carbonyl (C=O) groups is 1. The Bertz CT molecular complexity index is 1000. The van der Waals surface area contributed by atoms with Crippen LogP contribution in [0.4, 0.5) is 18.9 Å². The van der Waals surface area contributed by atoms with Gasteiger partial charge in [0.2, 0.25) is 10.0 Å². The molecule has 1 aliphatic heterocycles. The van der Waals surface area contributed by atoms with Crippen LogP contribution in [0.2, 0.25) is 0 Å². The molecule has 0 atom stereocenters. The SMILES string of the molecule is CN(C)S(=O)(=O)c1ccc2c(c1)CCN2C(=O)c1ccc(SC(F)(F)F)cc1. The van der Waals surface area contributed by atoms with E-state index in [1.54, 1.807) is 12.1 Å². The van der Waals surface area contributed by atoms with Gasteiger partial charge in [-0.2, -0.15) is 13.2 Å². The molecule has 1 heterocycles. The van der Waals surface area contributed by atoms with Crippen LogP contribution in [0.5, 0.6) is 0 Å². The summed E-state index contributed by atoms with van der Waals surface area (Å²) in [6.45, 7) is 0.374. The van der Waals surface area contributed by atoms with Crippen molar-refractivity contribution in [1.82, 2.24) is 4.31 Å². The third-order valence-electron chi connectivity index (χ3n) is 4.31. The number of nitrogens with zero attached hydrogens (tertiary/aromatic N) is 2. The largest absolute Gasteiger partial charge is 0.446 e. The van der Waals surface area contributed by atoms with Gasteiger partial charge < -0.3 is 4.90 Å². The zero-order valence-electron chi connectivity index (χ0n) is 15.0. The van der Waals surface area contributed by atoms with E-state index >= 15 is 0 Å². The second kappa shape index (κ2) is 7.41. The highest BCUT2D eigenvalue weighted by atomic mass is 32.2. The number of rotatable bonds is 4. The molecule has 0 radical (unpaired) electrons. The third-order valence-corrected chi connectivity index (χ3v) is 6.86. The Labute approximate surface area is 165 Å². The minimum atomic E-state index is -4.38. The number of alkyl halides is 3. The van der Waals surface area contributed by atoms with E-state index in [0.29, 0.717) is 18.7 Å². The van der Waals surface area contributed by atoms with Crippen molar-refractivity contribution in [2.24, 2.45) is 0 Å². The first kappa shape index (κ1) is 20.7. The first-order valence-corrected chi connectivity index (χ1v) is 10.5. The number of halogens is 3. The van der Waals surface area contributed by atoms with E-state index in [1.165, 1.54) is 49.3 Å². The zero-order valence-corrected chi connectivity index (χ0v) is 16.7. The number of amides is 1. The Hall–Kier alpha value is -2.04. The maximum atomic E-state index is 12.8. The van der Waals surface area contributed by atoms with Crippen LogP contribution in [-0.2, 0) is 16.4 Å². The van der Waals surface area contributed by atoms with E-state index in [2.05, 4.69) is 0 Å². The van der Waals surface area contributed by atoms with E-state index in [0.717, 1.165) is 9.87 Å². The van der Waals surface area contributed by atoms with E-state index in [4.69, 9.17) is 0 Å². The number of thioether (sulfide) groups is 1. The molecule has 150 valence electrons. The first-order chi connectivity index (χ1) is 13.0. The van der Waals surface area contributed by atoms with Gasteiger partial charge in [-0.15, -0.1) is 0 Å². The summed E-state index contributed by atoms with van der Waals surface area (Å²) in [5.74, 6) is -0.342. The second-order valence-electron chi connectivity index (χ2n) is 6.36. The number of sulfonamides is 1. The van der Waals surface area contributed by atoms with Crippen molar-refractivity contribution in [3.63, 3.8) is 0 Å². The van der Waals surface area contributed by atoms with Crippen molar-refractivity contribution in [2.75, 3.05) is 25.5 Å². The van der Waals surface area contributed by atoms with E-state index in [-0.39, 0.29) is 33.0 Å². The van der Waals surface area contributed by atoms with Crippen LogP contribution in [0.15, 0.2) is 52.3 Å². The molecule has 0 unspecified atom stereocenters. The van der Waals surface area contributed by atoms with Gasteiger partial charge in [-0.3, -0.25) is 4.79 Å². The highest BCUT2D eigenvalue weighted by Crippen LogP contribution is 2.37. The third kappa shape index (κ3) is 4.18. The van der Waals surface area contributed by atoms with Crippen molar-refractivity contribution in [3.8, 4) is 0 Å². The summed E-state index contributed by atoms with van der Waals surface area (Å²) in [6.07, 6.45) is 0.500. The number of anilines is 1. The number of hydrogen-bond acceptors (Lipinski definition) is 4. The van der Waals surface area contributed by atoms with Crippen LogP contribution in [0.3, 0.4) is 0 Å². The average Bonchev–Trinajstić information content (AvgIpc) is 3.03. The molecule has 1 aliphatic rings. The van der Waals surface area contributed by atoms with Crippen molar-refractivity contribution in [2.45, 2.75) is 21.7 Å². The molecule has 2 aromatic carbocycles. The van der Waals surface area contributed by atoms with Gasteiger partial charge >= 0.3 is 5.51 Å². The van der Waals surface area contributed by atoms with Gasteiger partial charge in [0.25, 0.3) is 5.91 Å². The Morgan fingerprint density at radius 3 is 2.32 bits per heavy atom. The lowest BCUT2D eigenvalue weighted by molar-refractivity contribution is -0.0328. The minimum Gasteiger partial charge on any atom is -0.308 e. The maximum Gasteiger partial charge on any atom is 0.446 e. The van der Waals surface area contributed by atoms with Crippen LogP contribution in [0, 0.1) is 0 Å². The zero-order chi connectivity index (χ0) is 20.7. The van der Waals surface area contributed by atoms with E-state index < -0.39 is 15.5 Å². The van der Waals surface area contributed by atoms with E-state index in [9.17, 15) is 26.4 Å². The highest BCUT2D eigenvalue weighted by molar-refractivity contribution is 8.00. The standard InChI is InChI=1S/C18H17F3N2O3S2/c1-22(2)28(25,26)15-7-8-16-13(11-15)9-10-23(16)17(24)12-3-5-14(6-4-12)27-18(19,20)21/h3-8,11H,9-10H2,1-2H3. The molecule has 0 bridgehead atoms. The summed E-state index contributed by atoms with van der Waals surface area (Å²) in [5, 5.41) is 0. The van der Waals surface area contributed by atoms with Gasteiger partial charge in [0.15, 0.2) is 0 Å². The van der Waals surface area contributed by atoms with Gasteiger partial charge in [-0.1, -0.05) is 0 Å². The number of fused-ring (bicyclic) bond motifs is 1. The molecule has 2 aromatic rings. The minimum absolute atomic E-state index is 0.00408. The molecule has 3 rings (SSSR count). The van der Waals surface area contributed by atoms with Crippen LogP contribution in [0.25, 0.3) is 0 Å². The normalized spacial score (nSPS) is 14.4. The van der Waals surface area contributed by atoms with Crippen LogP contribution in [-0.4, -0.2) is 44.8 Å². The smallest absolute Gasteiger partial charge is 0.308 e. The molecular weight excluding hydrogens is 413 g/mol. The van der Waals surface area contributed by atoms with Gasteiger partial charge in [-0.05, 0) is 66.2 Å². The monoisotopic (exact) mass is 430 g/mol. The molecule has 5 nitrogen and oxygen atoms in total. The number of hydrogen-bond donors (Lipinski definition) is 0. The Morgan fingerprint density at radius 2 is 1.75 bits per heavy atom. The number of carbonyl (C=O) groups excluding carboxylic acids is 1. The van der Waals surface area contributed by atoms with Crippen LogP contribution < -0.4 is 4.90 Å². The second-order valence-corrected chi connectivity index (χ2v) is 9.65. The van der Waals surface area contributed by atoms with Crippen molar-refractivity contribution in [3.05, 3.63) is 53.6 Å². The van der Waals surface area contributed by atoms with Gasteiger partial charge in [-0.25, -0.2) is 12.7 Å². The quantitative estimate of drug-likeness (QED) is 0.694. The summed E-state index contributed by atoms with van der Waals surface area (Å²) in [7, 11) is -0.685. The lowest BCUT2D eigenvalue weighted by Gasteiger charge is -2.18. The average molecular weight is 430 g/mol. The summed E-state index contributed by atoms with van der Waals surface area (Å²) < 4.78 is 62.9. The molecule has 0 fully saturated rings.